The van der Waals surface area contributed by atoms with Gasteiger partial charge < -0.3 is 19.5 Å². The molecule has 4 rings (SSSR count). The highest BCUT2D eigenvalue weighted by molar-refractivity contribution is 7.73. The van der Waals surface area contributed by atoms with Crippen molar-refractivity contribution in [1.29, 1.82) is 0 Å². The maximum atomic E-state index is 13.3. The first kappa shape index (κ1) is 30.3. The van der Waals surface area contributed by atoms with Crippen molar-refractivity contribution >= 4 is 45.9 Å². The number of nitrogens with one attached hydrogen (secondary N) is 1. The third kappa shape index (κ3) is 6.15. The van der Waals surface area contributed by atoms with Crippen molar-refractivity contribution in [3.05, 3.63) is 64.0 Å². The molecule has 2 aromatic carbocycles. The highest BCUT2D eigenvalue weighted by Crippen LogP contribution is 2.31. The van der Waals surface area contributed by atoms with Crippen LogP contribution in [0.2, 0.25) is 0 Å². The van der Waals surface area contributed by atoms with Crippen LogP contribution in [0.5, 0.6) is 5.75 Å². The number of rotatable bonds is 11. The Balaban J connectivity index is 2.02. The maximum absolute atomic E-state index is 13.3. The predicted octanol–water partition coefficient (Wildman–Crippen LogP) is 2.63. The van der Waals surface area contributed by atoms with E-state index >= 15 is 0 Å². The van der Waals surface area contributed by atoms with E-state index in [0.717, 1.165) is 29.9 Å². The highest BCUT2D eigenvalue weighted by Gasteiger charge is 2.27. The molecule has 2 N–H and O–H groups in total. The Bertz CT molecular complexity index is 1770. The van der Waals surface area contributed by atoms with E-state index in [1.165, 1.54) is 29.8 Å². The van der Waals surface area contributed by atoms with E-state index in [9.17, 15) is 23.1 Å². The summed E-state index contributed by atoms with van der Waals surface area (Å²) >= 11 is 0. The number of phenolic OH excluding ortho intramolecular Hbond substituents is 1. The van der Waals surface area contributed by atoms with Gasteiger partial charge in [-0.1, -0.05) is 6.07 Å². The Hall–Kier alpha value is -4.65. The van der Waals surface area contributed by atoms with Gasteiger partial charge in [0.05, 0.1) is 36.6 Å². The first-order chi connectivity index (χ1) is 20.1. The molecule has 0 amide bonds. The van der Waals surface area contributed by atoms with Gasteiger partial charge in [-0.15, -0.1) is 5.10 Å². The molecule has 4 aromatic rings. The van der Waals surface area contributed by atoms with Gasteiger partial charge in [-0.25, -0.2) is 22.7 Å². The van der Waals surface area contributed by atoms with Gasteiger partial charge in [0, 0.05) is 30.0 Å². The molecule has 13 heteroatoms. The first-order valence-electron chi connectivity index (χ1n) is 13.4. The number of anilines is 2. The van der Waals surface area contributed by atoms with Crippen molar-refractivity contribution in [3.8, 4) is 17.1 Å². The van der Waals surface area contributed by atoms with E-state index in [1.807, 2.05) is 19.1 Å². The van der Waals surface area contributed by atoms with Gasteiger partial charge in [0.15, 0.2) is 11.5 Å². The molecular weight excluding hydrogens is 562 g/mol. The molecule has 42 heavy (non-hydrogen) atoms. The maximum Gasteiger partial charge on any atom is 0.340 e. The number of thiol groups is 1. The van der Waals surface area contributed by atoms with Crippen LogP contribution in [0.4, 0.5) is 11.4 Å². The molecular formula is C29H33N5O7S. The minimum absolute atomic E-state index is 0.0528. The second-order valence-electron chi connectivity index (χ2n) is 9.34. The van der Waals surface area contributed by atoms with Gasteiger partial charge in [-0.2, -0.15) is 0 Å². The van der Waals surface area contributed by atoms with Crippen LogP contribution in [-0.2, 0) is 31.6 Å². The average molecular weight is 596 g/mol. The van der Waals surface area contributed by atoms with Crippen LogP contribution in [-0.4, -0.2) is 66.9 Å². The second kappa shape index (κ2) is 12.9. The van der Waals surface area contributed by atoms with Gasteiger partial charge >= 0.3 is 11.9 Å². The summed E-state index contributed by atoms with van der Waals surface area (Å²) in [5.41, 5.74) is 3.72. The summed E-state index contributed by atoms with van der Waals surface area (Å²) < 4.78 is 36.4. The zero-order valence-electron chi connectivity index (χ0n) is 24.0. The molecule has 0 aliphatic carbocycles. The molecule has 2 aromatic heterocycles. The fraction of sp³-hybridized carbons (Fsp3) is 0.310. The van der Waals surface area contributed by atoms with E-state index in [1.54, 1.807) is 13.0 Å². The number of carbonyl (C=O) groups is 2. The summed E-state index contributed by atoms with van der Waals surface area (Å²) in [6.07, 6.45) is 1.49. The largest absolute Gasteiger partial charge is 0.507 e. The van der Waals surface area contributed by atoms with E-state index in [2.05, 4.69) is 39.6 Å². The standard InChI is InChI=1S/C29H33N5O7S/c1-6-33(7-2)20-11-9-18(17(4)13-20)14-23-26(29(37)41-8-3)22(16-25(36)40-5)28-30-27(31-34(23)28)21-15-19(32-42(38)39)10-12-24(21)35/h9-15,35,42H,6-8,16H2,1-5H3,(H,32,38,39)/b23-14-. The number of phenols is 1. The Morgan fingerprint density at radius 3 is 2.48 bits per heavy atom. The molecule has 0 aliphatic heterocycles. The first-order valence-corrected chi connectivity index (χ1v) is 14.6. The second-order valence-corrected chi connectivity index (χ2v) is 10.1. The topological polar surface area (TPSA) is 152 Å². The van der Waals surface area contributed by atoms with E-state index in [-0.39, 0.29) is 52.6 Å². The van der Waals surface area contributed by atoms with Crippen LogP contribution in [0, 0.1) is 6.92 Å². The molecule has 12 nitrogen and oxygen atoms in total. The normalized spacial score (nSPS) is 11.7. The smallest absolute Gasteiger partial charge is 0.340 e. The third-order valence-corrected chi connectivity index (χ3v) is 7.26. The van der Waals surface area contributed by atoms with Crippen LogP contribution in [0.25, 0.3) is 23.1 Å². The Morgan fingerprint density at radius 1 is 1.12 bits per heavy atom. The summed E-state index contributed by atoms with van der Waals surface area (Å²) in [5.74, 6) is -1.39. The number of benzene rings is 2. The van der Waals surface area contributed by atoms with Gasteiger partial charge in [-0.05, 0) is 75.2 Å². The number of nitrogens with zero attached hydrogens (tertiary/aromatic N) is 4. The Kier molecular flexibility index (Phi) is 9.31. The van der Waals surface area contributed by atoms with Gasteiger partial charge in [0.1, 0.15) is 5.75 Å². The summed E-state index contributed by atoms with van der Waals surface area (Å²) in [4.78, 5) is 32.6. The molecule has 2 heterocycles. The molecule has 0 saturated heterocycles. The minimum atomic E-state index is -2.94. The number of hydrogen-bond acceptors (Lipinski definition) is 10. The lowest BCUT2D eigenvalue weighted by atomic mass is 10.0. The number of ether oxygens (including phenoxy) is 2. The zero-order valence-corrected chi connectivity index (χ0v) is 24.9. The molecule has 0 spiro atoms. The SMILES string of the molecule is CCOC(=O)c1c(CC(=O)OC)c2nc(-c3cc(N[SH](=O)=O)ccc3O)nn2/c1=C\c1ccc(N(CC)CC)cc1C. The number of hydrogen-bond donors (Lipinski definition) is 3. The Labute approximate surface area is 244 Å². The van der Waals surface area contributed by atoms with Crippen LogP contribution in [0.15, 0.2) is 36.4 Å². The number of aromatic nitrogens is 3. The van der Waals surface area contributed by atoms with Gasteiger partial charge in [0.25, 0.3) is 0 Å². The van der Waals surface area contributed by atoms with E-state index in [0.29, 0.717) is 5.35 Å². The highest BCUT2D eigenvalue weighted by atomic mass is 32.2. The van der Waals surface area contributed by atoms with Crippen molar-refractivity contribution in [3.63, 3.8) is 0 Å². The molecule has 0 fully saturated rings. The van der Waals surface area contributed by atoms with Crippen molar-refractivity contribution in [2.24, 2.45) is 0 Å². The van der Waals surface area contributed by atoms with Crippen molar-refractivity contribution < 1.29 is 32.6 Å². The lowest BCUT2D eigenvalue weighted by Gasteiger charge is -2.21. The zero-order chi connectivity index (χ0) is 30.6. The van der Waals surface area contributed by atoms with E-state index < -0.39 is 22.8 Å². The number of esters is 2. The van der Waals surface area contributed by atoms with Crippen LogP contribution >= 0.6 is 0 Å². The van der Waals surface area contributed by atoms with Crippen molar-refractivity contribution in [2.75, 3.05) is 36.4 Å². The lowest BCUT2D eigenvalue weighted by molar-refractivity contribution is -0.139. The Morgan fingerprint density at radius 2 is 1.86 bits per heavy atom. The minimum Gasteiger partial charge on any atom is -0.507 e. The predicted molar refractivity (Wildman–Crippen MR) is 159 cm³/mol. The van der Waals surface area contributed by atoms with Crippen LogP contribution in [0.1, 0.15) is 47.8 Å². The average Bonchev–Trinajstić information content (AvgIpc) is 3.50. The molecule has 0 saturated carbocycles. The summed E-state index contributed by atoms with van der Waals surface area (Å²) in [6.45, 7) is 9.62. The summed E-state index contributed by atoms with van der Waals surface area (Å²) in [5, 5.41) is 15.5. The summed E-state index contributed by atoms with van der Waals surface area (Å²) in [7, 11) is -1.70. The van der Waals surface area contributed by atoms with Crippen LogP contribution < -0.4 is 15.0 Å². The van der Waals surface area contributed by atoms with Crippen molar-refractivity contribution in [1.82, 2.24) is 14.6 Å². The number of methoxy groups -OCH3 is 1. The molecule has 0 radical (unpaired) electrons. The quantitative estimate of drug-likeness (QED) is 0.134. The molecule has 0 unspecified atom stereocenters. The van der Waals surface area contributed by atoms with Gasteiger partial charge in [-0.3, -0.25) is 9.52 Å². The monoisotopic (exact) mass is 595 g/mol. The number of aromatic hydroxyl groups is 1. The number of carbonyl (C=O) groups excluding carboxylic acids is 2. The molecule has 0 atom stereocenters. The van der Waals surface area contributed by atoms with Gasteiger partial charge in [0.2, 0.25) is 10.9 Å². The fourth-order valence-electron chi connectivity index (χ4n) is 4.75. The third-order valence-electron chi connectivity index (χ3n) is 6.82. The van der Waals surface area contributed by atoms with Crippen molar-refractivity contribution in [2.45, 2.75) is 34.1 Å². The molecule has 0 bridgehead atoms. The molecule has 222 valence electrons. The fourth-order valence-corrected chi connectivity index (χ4v) is 5.10. The van der Waals surface area contributed by atoms with E-state index in [4.69, 9.17) is 9.47 Å². The molecule has 0 aliphatic rings. The lowest BCUT2D eigenvalue weighted by Crippen LogP contribution is -2.23. The number of fused-ring (bicyclic) bond motifs is 1. The number of aryl methyl sites for hydroxylation is 1. The summed E-state index contributed by atoms with van der Waals surface area (Å²) in [6, 6.07) is 10.1. The van der Waals surface area contributed by atoms with Crippen LogP contribution in [0.3, 0.4) is 0 Å².